The number of hydrogen-bond donors (Lipinski definition) is 3. The number of para-hydroxylation sites is 1. The predicted molar refractivity (Wildman–Crippen MR) is 91.3 cm³/mol. The fraction of sp³-hybridized carbons (Fsp3) is 0.294. The summed E-state index contributed by atoms with van der Waals surface area (Å²) >= 11 is 6.13. The quantitative estimate of drug-likeness (QED) is 0.794. The van der Waals surface area contributed by atoms with Crippen molar-refractivity contribution in [3.05, 3.63) is 52.7 Å². The molecule has 3 N–H and O–H groups in total. The van der Waals surface area contributed by atoms with E-state index in [9.17, 15) is 9.90 Å². The van der Waals surface area contributed by atoms with Crippen LogP contribution in [0.3, 0.4) is 0 Å². The molecule has 3 rings (SSSR count). The number of carbonyl (C=O) groups is 1. The molecule has 0 spiro atoms. The molecule has 1 unspecified atom stereocenters. The molecule has 0 radical (unpaired) electrons. The highest BCUT2D eigenvalue weighted by atomic mass is 35.5. The predicted octanol–water partition coefficient (Wildman–Crippen LogP) is 3.43. The maximum atomic E-state index is 12.2. The third-order valence-electron chi connectivity index (χ3n) is 3.84. The molecule has 24 heavy (non-hydrogen) atoms. The molecule has 2 aromatic rings. The van der Waals surface area contributed by atoms with Crippen LogP contribution in [0.2, 0.25) is 5.02 Å². The summed E-state index contributed by atoms with van der Waals surface area (Å²) in [6.07, 6.45) is 1.60. The minimum Gasteiger partial charge on any atom is -0.492 e. The topological polar surface area (TPSA) is 83.5 Å². The molecule has 7 heteroatoms. The van der Waals surface area contributed by atoms with Gasteiger partial charge in [-0.3, -0.25) is 5.32 Å². The second-order valence-corrected chi connectivity index (χ2v) is 6.01. The Morgan fingerprint density at radius 3 is 2.96 bits per heavy atom. The van der Waals surface area contributed by atoms with E-state index < -0.39 is 6.10 Å². The lowest BCUT2D eigenvalue weighted by atomic mass is 10.0. The van der Waals surface area contributed by atoms with E-state index in [1.807, 2.05) is 12.1 Å². The highest BCUT2D eigenvalue weighted by Crippen LogP contribution is 2.37. The molecule has 2 atom stereocenters. The van der Waals surface area contributed by atoms with Crippen molar-refractivity contribution in [2.24, 2.45) is 0 Å². The van der Waals surface area contributed by atoms with E-state index in [-0.39, 0.29) is 12.1 Å². The van der Waals surface area contributed by atoms with Crippen molar-refractivity contribution in [2.75, 3.05) is 11.9 Å². The number of hydrogen-bond acceptors (Lipinski definition) is 4. The van der Waals surface area contributed by atoms with Gasteiger partial charge in [0.25, 0.3) is 0 Å². The van der Waals surface area contributed by atoms with Crippen LogP contribution in [0.4, 0.5) is 10.6 Å². The molecule has 1 aliphatic heterocycles. The molecule has 1 aliphatic rings. The Morgan fingerprint density at radius 2 is 2.25 bits per heavy atom. The van der Waals surface area contributed by atoms with Crippen LogP contribution in [0, 0.1) is 0 Å². The SMILES string of the molecule is CC(O)c1ccc(NC(=O)N[C@H]2CCOc3c(Cl)cccc32)nc1. The lowest BCUT2D eigenvalue weighted by Crippen LogP contribution is -2.35. The molecule has 6 nitrogen and oxygen atoms in total. The Hall–Kier alpha value is -2.31. The first-order valence-electron chi connectivity index (χ1n) is 7.67. The molecule has 1 aromatic heterocycles. The van der Waals surface area contributed by atoms with Gasteiger partial charge in [-0.15, -0.1) is 0 Å². The molecule has 0 saturated carbocycles. The zero-order chi connectivity index (χ0) is 17.1. The van der Waals surface area contributed by atoms with Crippen LogP contribution in [0.15, 0.2) is 36.5 Å². The number of carbonyl (C=O) groups excluding carboxylic acids is 1. The second-order valence-electron chi connectivity index (χ2n) is 5.60. The molecule has 0 bridgehead atoms. The summed E-state index contributed by atoms with van der Waals surface area (Å²) in [7, 11) is 0. The number of aromatic nitrogens is 1. The summed E-state index contributed by atoms with van der Waals surface area (Å²) in [6.45, 7) is 2.15. The monoisotopic (exact) mass is 347 g/mol. The standard InChI is InChI=1S/C17H18ClN3O3/c1-10(22)11-5-6-15(19-9-11)21-17(23)20-14-7-8-24-16-12(14)3-2-4-13(16)18/h2-6,9-10,14,22H,7-8H2,1H3,(H2,19,20,21,23)/t10?,14-/m0/s1. The number of rotatable bonds is 3. The van der Waals surface area contributed by atoms with E-state index in [0.29, 0.717) is 35.2 Å². The number of nitrogens with zero attached hydrogens (tertiary/aromatic N) is 1. The van der Waals surface area contributed by atoms with Gasteiger partial charge in [0.1, 0.15) is 11.6 Å². The minimum atomic E-state index is -0.594. The van der Waals surface area contributed by atoms with Crippen molar-refractivity contribution in [3.63, 3.8) is 0 Å². The summed E-state index contributed by atoms with van der Waals surface area (Å²) < 4.78 is 5.58. The van der Waals surface area contributed by atoms with Gasteiger partial charge in [0.05, 0.1) is 23.8 Å². The minimum absolute atomic E-state index is 0.177. The Bertz CT molecular complexity index is 734. The van der Waals surface area contributed by atoms with E-state index in [1.165, 1.54) is 6.20 Å². The van der Waals surface area contributed by atoms with Gasteiger partial charge in [-0.1, -0.05) is 29.8 Å². The van der Waals surface area contributed by atoms with Gasteiger partial charge in [0.2, 0.25) is 0 Å². The first-order valence-corrected chi connectivity index (χ1v) is 8.05. The summed E-state index contributed by atoms with van der Waals surface area (Å²) in [6, 6.07) is 8.32. The summed E-state index contributed by atoms with van der Waals surface area (Å²) in [4.78, 5) is 16.3. The number of benzene rings is 1. The van der Waals surface area contributed by atoms with Crippen LogP contribution in [-0.2, 0) is 0 Å². The van der Waals surface area contributed by atoms with Crippen molar-refractivity contribution in [1.29, 1.82) is 0 Å². The van der Waals surface area contributed by atoms with Crippen molar-refractivity contribution < 1.29 is 14.6 Å². The number of anilines is 1. The number of urea groups is 1. The molecular formula is C17H18ClN3O3. The fourth-order valence-corrected chi connectivity index (χ4v) is 2.81. The zero-order valence-electron chi connectivity index (χ0n) is 13.1. The number of aliphatic hydroxyl groups is 1. The molecule has 0 fully saturated rings. The van der Waals surface area contributed by atoms with Gasteiger partial charge >= 0.3 is 6.03 Å². The molecule has 0 saturated heterocycles. The van der Waals surface area contributed by atoms with E-state index in [1.54, 1.807) is 25.1 Å². The molecular weight excluding hydrogens is 330 g/mol. The van der Waals surface area contributed by atoms with E-state index >= 15 is 0 Å². The Balaban J connectivity index is 1.67. The number of fused-ring (bicyclic) bond motifs is 1. The van der Waals surface area contributed by atoms with Gasteiger partial charge in [-0.25, -0.2) is 9.78 Å². The van der Waals surface area contributed by atoms with Crippen molar-refractivity contribution >= 4 is 23.4 Å². The molecule has 0 aliphatic carbocycles. The van der Waals surface area contributed by atoms with E-state index in [0.717, 1.165) is 5.56 Å². The first kappa shape index (κ1) is 16.5. The number of pyridine rings is 1. The third-order valence-corrected chi connectivity index (χ3v) is 4.14. The average Bonchev–Trinajstić information content (AvgIpc) is 2.56. The third kappa shape index (κ3) is 3.60. The Morgan fingerprint density at radius 1 is 1.42 bits per heavy atom. The van der Waals surface area contributed by atoms with Gasteiger partial charge in [-0.05, 0) is 24.6 Å². The second kappa shape index (κ2) is 7.07. The molecule has 2 heterocycles. The lowest BCUT2D eigenvalue weighted by molar-refractivity contribution is 0.199. The fourth-order valence-electron chi connectivity index (χ4n) is 2.57. The highest BCUT2D eigenvalue weighted by molar-refractivity contribution is 6.32. The number of nitrogens with one attached hydrogen (secondary N) is 2. The number of halogens is 1. The Kier molecular flexibility index (Phi) is 4.87. The van der Waals surface area contributed by atoms with E-state index in [2.05, 4.69) is 15.6 Å². The van der Waals surface area contributed by atoms with Crippen LogP contribution in [0.25, 0.3) is 0 Å². The molecule has 126 valence electrons. The van der Waals surface area contributed by atoms with Gasteiger partial charge in [-0.2, -0.15) is 0 Å². The molecule has 1 aromatic carbocycles. The summed E-state index contributed by atoms with van der Waals surface area (Å²) in [5, 5.41) is 15.6. The maximum Gasteiger partial charge on any atom is 0.320 e. The van der Waals surface area contributed by atoms with Crippen molar-refractivity contribution in [1.82, 2.24) is 10.3 Å². The van der Waals surface area contributed by atoms with E-state index in [4.69, 9.17) is 16.3 Å². The summed E-state index contributed by atoms with van der Waals surface area (Å²) in [5.74, 6) is 1.03. The van der Waals surface area contributed by atoms with Crippen LogP contribution < -0.4 is 15.4 Å². The zero-order valence-corrected chi connectivity index (χ0v) is 13.9. The van der Waals surface area contributed by atoms with Crippen LogP contribution in [0.1, 0.15) is 36.6 Å². The largest absolute Gasteiger partial charge is 0.492 e. The maximum absolute atomic E-state index is 12.2. The number of aliphatic hydroxyl groups excluding tert-OH is 1. The summed E-state index contributed by atoms with van der Waals surface area (Å²) in [5.41, 5.74) is 1.55. The Labute approximate surface area is 144 Å². The van der Waals surface area contributed by atoms with Crippen molar-refractivity contribution in [2.45, 2.75) is 25.5 Å². The average molecular weight is 348 g/mol. The lowest BCUT2D eigenvalue weighted by Gasteiger charge is -2.27. The van der Waals surface area contributed by atoms with Gasteiger partial charge in [0.15, 0.2) is 0 Å². The van der Waals surface area contributed by atoms with Crippen LogP contribution >= 0.6 is 11.6 Å². The smallest absolute Gasteiger partial charge is 0.320 e. The normalized spacial score (nSPS) is 17.4. The van der Waals surface area contributed by atoms with Crippen LogP contribution in [0.5, 0.6) is 5.75 Å². The van der Waals surface area contributed by atoms with Gasteiger partial charge < -0.3 is 15.2 Å². The number of amides is 2. The van der Waals surface area contributed by atoms with Crippen molar-refractivity contribution in [3.8, 4) is 5.75 Å². The first-order chi connectivity index (χ1) is 11.5. The highest BCUT2D eigenvalue weighted by Gasteiger charge is 2.24. The van der Waals surface area contributed by atoms with Crippen LogP contribution in [-0.4, -0.2) is 22.7 Å². The number of ether oxygens (including phenoxy) is 1. The molecule has 2 amide bonds. The van der Waals surface area contributed by atoms with Gasteiger partial charge in [0, 0.05) is 18.2 Å².